The summed E-state index contributed by atoms with van der Waals surface area (Å²) in [5.41, 5.74) is 0. The Kier molecular flexibility index (Phi) is 5.46. The highest BCUT2D eigenvalue weighted by Crippen LogP contribution is 2.24. The summed E-state index contributed by atoms with van der Waals surface area (Å²) in [5, 5.41) is 3.65. The van der Waals surface area contributed by atoms with Crippen molar-refractivity contribution in [1.82, 2.24) is 10.2 Å². The summed E-state index contributed by atoms with van der Waals surface area (Å²) in [5.74, 6) is 0.817. The zero-order valence-electron chi connectivity index (χ0n) is 12.3. The van der Waals surface area contributed by atoms with Crippen LogP contribution in [0.1, 0.15) is 46.5 Å². The molecule has 0 spiro atoms. The van der Waals surface area contributed by atoms with Crippen LogP contribution in [0.3, 0.4) is 0 Å². The molecule has 18 heavy (non-hydrogen) atoms. The summed E-state index contributed by atoms with van der Waals surface area (Å²) in [6.07, 6.45) is 6.07. The highest BCUT2D eigenvalue weighted by Gasteiger charge is 2.30. The molecule has 2 aliphatic rings. The Labute approximate surface area is 112 Å². The molecule has 106 valence electrons. The Morgan fingerprint density at radius 3 is 2.67 bits per heavy atom. The fourth-order valence-corrected chi connectivity index (χ4v) is 3.53. The first-order valence-electron chi connectivity index (χ1n) is 7.84. The first-order chi connectivity index (χ1) is 8.72. The minimum Gasteiger partial charge on any atom is -0.374 e. The minimum atomic E-state index is 0.483. The van der Waals surface area contributed by atoms with Gasteiger partial charge in [-0.1, -0.05) is 20.3 Å². The molecular formula is C15H30N2O. The summed E-state index contributed by atoms with van der Waals surface area (Å²) >= 11 is 0. The maximum Gasteiger partial charge on any atom is 0.0706 e. The lowest BCUT2D eigenvalue weighted by atomic mass is 9.89. The Morgan fingerprint density at radius 1 is 1.22 bits per heavy atom. The number of hydrogen-bond donors (Lipinski definition) is 1. The summed E-state index contributed by atoms with van der Waals surface area (Å²) in [7, 11) is 0. The van der Waals surface area contributed by atoms with Gasteiger partial charge >= 0.3 is 0 Å². The highest BCUT2D eigenvalue weighted by molar-refractivity contribution is 4.86. The van der Waals surface area contributed by atoms with Crippen molar-refractivity contribution in [2.45, 2.75) is 64.7 Å². The van der Waals surface area contributed by atoms with Crippen LogP contribution in [0, 0.1) is 5.92 Å². The van der Waals surface area contributed by atoms with Crippen LogP contribution >= 0.6 is 0 Å². The molecule has 3 nitrogen and oxygen atoms in total. The predicted octanol–water partition coefficient (Wildman–Crippen LogP) is 2.26. The molecule has 1 N–H and O–H groups in total. The molecule has 0 aromatic rings. The number of hydrogen-bond acceptors (Lipinski definition) is 3. The monoisotopic (exact) mass is 254 g/mol. The van der Waals surface area contributed by atoms with Crippen molar-refractivity contribution in [3.8, 4) is 0 Å². The third-order valence-electron chi connectivity index (χ3n) is 4.59. The van der Waals surface area contributed by atoms with E-state index in [1.54, 1.807) is 0 Å². The normalized spacial score (nSPS) is 38.2. The van der Waals surface area contributed by atoms with E-state index in [1.165, 1.54) is 38.8 Å². The van der Waals surface area contributed by atoms with Crippen LogP contribution in [0.5, 0.6) is 0 Å². The molecule has 2 saturated heterocycles. The van der Waals surface area contributed by atoms with Gasteiger partial charge in [-0.15, -0.1) is 0 Å². The number of ether oxygens (including phenoxy) is 1. The topological polar surface area (TPSA) is 24.5 Å². The molecular weight excluding hydrogens is 224 g/mol. The lowest BCUT2D eigenvalue weighted by Gasteiger charge is -2.39. The molecule has 3 heteroatoms. The van der Waals surface area contributed by atoms with Crippen molar-refractivity contribution < 1.29 is 4.74 Å². The van der Waals surface area contributed by atoms with E-state index in [4.69, 9.17) is 4.74 Å². The van der Waals surface area contributed by atoms with Crippen molar-refractivity contribution in [2.24, 2.45) is 5.92 Å². The maximum absolute atomic E-state index is 5.95. The second-order valence-electron chi connectivity index (χ2n) is 6.03. The predicted molar refractivity (Wildman–Crippen MR) is 75.9 cm³/mol. The Morgan fingerprint density at radius 2 is 2.06 bits per heavy atom. The molecule has 0 aromatic carbocycles. The molecule has 0 aromatic heterocycles. The zero-order valence-corrected chi connectivity index (χ0v) is 12.3. The molecule has 2 rings (SSSR count). The van der Waals surface area contributed by atoms with E-state index in [-0.39, 0.29) is 0 Å². The van der Waals surface area contributed by atoms with E-state index in [0.29, 0.717) is 12.2 Å². The number of rotatable bonds is 5. The molecule has 0 saturated carbocycles. The van der Waals surface area contributed by atoms with Gasteiger partial charge in [-0.3, -0.25) is 0 Å². The number of piperidine rings is 1. The number of likely N-dealkylation sites (tertiary alicyclic amines) is 1. The summed E-state index contributed by atoms with van der Waals surface area (Å²) in [6.45, 7) is 11.5. The van der Waals surface area contributed by atoms with Gasteiger partial charge < -0.3 is 15.0 Å². The van der Waals surface area contributed by atoms with Crippen molar-refractivity contribution in [3.63, 3.8) is 0 Å². The van der Waals surface area contributed by atoms with Crippen LogP contribution in [-0.2, 0) is 4.74 Å². The number of nitrogens with zero attached hydrogens (tertiary/aromatic N) is 1. The highest BCUT2D eigenvalue weighted by atomic mass is 16.5. The van der Waals surface area contributed by atoms with Gasteiger partial charge in [0.1, 0.15) is 0 Å². The van der Waals surface area contributed by atoms with Crippen LogP contribution in [-0.4, -0.2) is 49.3 Å². The number of nitrogens with one attached hydrogen (secondary N) is 1. The molecule has 2 aliphatic heterocycles. The van der Waals surface area contributed by atoms with E-state index >= 15 is 0 Å². The lowest BCUT2D eigenvalue weighted by Crippen LogP contribution is -2.50. The van der Waals surface area contributed by atoms with Crippen LogP contribution in [0.2, 0.25) is 0 Å². The second kappa shape index (κ2) is 6.88. The van der Waals surface area contributed by atoms with Gasteiger partial charge in [0.25, 0.3) is 0 Å². The van der Waals surface area contributed by atoms with Gasteiger partial charge in [0.2, 0.25) is 0 Å². The molecule has 0 aliphatic carbocycles. The van der Waals surface area contributed by atoms with Crippen molar-refractivity contribution in [2.75, 3.05) is 26.2 Å². The quantitative estimate of drug-likeness (QED) is 0.814. The molecule has 2 heterocycles. The summed E-state index contributed by atoms with van der Waals surface area (Å²) in [4.78, 5) is 2.63. The third-order valence-corrected chi connectivity index (χ3v) is 4.59. The summed E-state index contributed by atoms with van der Waals surface area (Å²) < 4.78 is 5.95. The lowest BCUT2D eigenvalue weighted by molar-refractivity contribution is 0.0174. The first-order valence-corrected chi connectivity index (χ1v) is 7.84. The summed E-state index contributed by atoms with van der Waals surface area (Å²) in [6, 6.07) is 0.736. The van der Waals surface area contributed by atoms with E-state index in [0.717, 1.165) is 25.0 Å². The van der Waals surface area contributed by atoms with E-state index < -0.39 is 0 Å². The van der Waals surface area contributed by atoms with Gasteiger partial charge in [0, 0.05) is 19.1 Å². The molecule has 4 unspecified atom stereocenters. The van der Waals surface area contributed by atoms with Crippen LogP contribution in [0.15, 0.2) is 0 Å². The Bertz CT molecular complexity index is 247. The molecule has 0 amide bonds. The van der Waals surface area contributed by atoms with E-state index in [9.17, 15) is 0 Å². The van der Waals surface area contributed by atoms with Crippen molar-refractivity contribution in [1.29, 1.82) is 0 Å². The Balaban J connectivity index is 1.78. The fourth-order valence-electron chi connectivity index (χ4n) is 3.53. The average Bonchev–Trinajstić information content (AvgIpc) is 2.77. The van der Waals surface area contributed by atoms with Crippen molar-refractivity contribution >= 4 is 0 Å². The van der Waals surface area contributed by atoms with Gasteiger partial charge in [0.05, 0.1) is 12.2 Å². The van der Waals surface area contributed by atoms with Crippen molar-refractivity contribution in [3.05, 3.63) is 0 Å². The smallest absolute Gasteiger partial charge is 0.0706 e. The molecule has 4 atom stereocenters. The van der Waals surface area contributed by atoms with Gasteiger partial charge in [-0.2, -0.15) is 0 Å². The van der Waals surface area contributed by atoms with Crippen LogP contribution < -0.4 is 5.32 Å². The molecule has 0 radical (unpaired) electrons. The second-order valence-corrected chi connectivity index (χ2v) is 6.03. The standard InChI is InChI=1S/C15H30N2O/c1-4-13-10-17(9-8-15(13)16-5-2)11-14-7-6-12(3)18-14/h12-16H,4-11H2,1-3H3. The maximum atomic E-state index is 5.95. The average molecular weight is 254 g/mol. The van der Waals surface area contributed by atoms with Crippen LogP contribution in [0.4, 0.5) is 0 Å². The molecule has 2 fully saturated rings. The largest absolute Gasteiger partial charge is 0.374 e. The van der Waals surface area contributed by atoms with Gasteiger partial charge in [-0.25, -0.2) is 0 Å². The zero-order chi connectivity index (χ0) is 13.0. The minimum absolute atomic E-state index is 0.483. The first kappa shape index (κ1) is 14.3. The van der Waals surface area contributed by atoms with E-state index in [1.807, 2.05) is 0 Å². The van der Waals surface area contributed by atoms with Crippen LogP contribution in [0.25, 0.3) is 0 Å². The third kappa shape index (κ3) is 3.69. The van der Waals surface area contributed by atoms with Gasteiger partial charge in [0.15, 0.2) is 0 Å². The Hall–Kier alpha value is -0.120. The fraction of sp³-hybridized carbons (Fsp3) is 1.00. The van der Waals surface area contributed by atoms with Gasteiger partial charge in [-0.05, 0) is 45.2 Å². The SMILES string of the molecule is CCNC1CCN(CC2CCC(C)O2)CC1CC. The molecule has 0 bridgehead atoms. The van der Waals surface area contributed by atoms with E-state index in [2.05, 4.69) is 31.0 Å².